The van der Waals surface area contributed by atoms with Gasteiger partial charge in [0.15, 0.2) is 0 Å². The Hall–Kier alpha value is -0.870. The third-order valence-electron chi connectivity index (χ3n) is 4.19. The Bertz CT molecular complexity index is 319. The predicted octanol–water partition coefficient (Wildman–Crippen LogP) is 1.24. The second-order valence-electron chi connectivity index (χ2n) is 5.99. The molecule has 1 saturated heterocycles. The zero-order valence-electron chi connectivity index (χ0n) is 12.3. The van der Waals surface area contributed by atoms with Crippen molar-refractivity contribution in [2.24, 2.45) is 0 Å². The number of carbonyl (C=O) groups is 1. The van der Waals surface area contributed by atoms with Gasteiger partial charge >= 0.3 is 0 Å². The number of likely N-dealkylation sites (tertiary alicyclic amines) is 1. The van der Waals surface area contributed by atoms with E-state index in [1.165, 1.54) is 32.1 Å². The molecular weight excluding hydrogens is 238 g/mol. The van der Waals surface area contributed by atoms with Crippen molar-refractivity contribution in [3.05, 3.63) is 12.2 Å². The second-order valence-corrected chi connectivity index (χ2v) is 5.99. The van der Waals surface area contributed by atoms with E-state index in [1.807, 2.05) is 14.1 Å². The summed E-state index contributed by atoms with van der Waals surface area (Å²) in [6.45, 7) is 2.66. The standard InChI is InChI=1S/C15H27N3O/c1-17(2)15(19)12-18-10-8-14(9-11-18)16-13-6-4-3-5-7-13/h3-4,13-14,16H,5-12H2,1-2H3. The highest BCUT2D eigenvalue weighted by Crippen LogP contribution is 2.16. The van der Waals surface area contributed by atoms with E-state index in [0.717, 1.165) is 13.1 Å². The van der Waals surface area contributed by atoms with Gasteiger partial charge in [0.05, 0.1) is 6.54 Å². The van der Waals surface area contributed by atoms with Crippen LogP contribution in [-0.4, -0.2) is 61.5 Å². The van der Waals surface area contributed by atoms with E-state index in [2.05, 4.69) is 22.4 Å². The maximum atomic E-state index is 11.7. The number of piperidine rings is 1. The largest absolute Gasteiger partial charge is 0.348 e. The summed E-state index contributed by atoms with van der Waals surface area (Å²) in [4.78, 5) is 15.6. The molecule has 4 nitrogen and oxygen atoms in total. The van der Waals surface area contributed by atoms with Gasteiger partial charge in [0.2, 0.25) is 5.91 Å². The highest BCUT2D eigenvalue weighted by Gasteiger charge is 2.23. The van der Waals surface area contributed by atoms with Crippen molar-refractivity contribution in [3.63, 3.8) is 0 Å². The minimum Gasteiger partial charge on any atom is -0.348 e. The Morgan fingerprint density at radius 2 is 1.95 bits per heavy atom. The summed E-state index contributed by atoms with van der Waals surface area (Å²) in [5.74, 6) is 0.212. The summed E-state index contributed by atoms with van der Waals surface area (Å²) >= 11 is 0. The highest BCUT2D eigenvalue weighted by molar-refractivity contribution is 5.77. The summed E-state index contributed by atoms with van der Waals surface area (Å²) < 4.78 is 0. The Kier molecular flexibility index (Phi) is 5.40. The molecule has 0 radical (unpaired) electrons. The Morgan fingerprint density at radius 3 is 2.53 bits per heavy atom. The van der Waals surface area contributed by atoms with Crippen LogP contribution in [0.2, 0.25) is 0 Å². The third kappa shape index (κ3) is 4.62. The minimum absolute atomic E-state index is 0.212. The van der Waals surface area contributed by atoms with E-state index in [4.69, 9.17) is 0 Å². The number of nitrogens with zero attached hydrogens (tertiary/aromatic N) is 2. The first-order valence-corrected chi connectivity index (χ1v) is 7.48. The molecule has 0 aromatic rings. The molecule has 1 fully saturated rings. The summed E-state index contributed by atoms with van der Waals surface area (Å²) in [6.07, 6.45) is 10.6. The lowest BCUT2D eigenvalue weighted by atomic mass is 9.98. The fourth-order valence-electron chi connectivity index (χ4n) is 2.87. The molecule has 0 saturated carbocycles. The van der Waals surface area contributed by atoms with Crippen LogP contribution in [0.1, 0.15) is 32.1 Å². The molecule has 1 aliphatic carbocycles. The maximum absolute atomic E-state index is 11.7. The van der Waals surface area contributed by atoms with Crippen LogP contribution in [0.4, 0.5) is 0 Å². The van der Waals surface area contributed by atoms with Gasteiger partial charge in [-0.2, -0.15) is 0 Å². The quantitative estimate of drug-likeness (QED) is 0.777. The Morgan fingerprint density at radius 1 is 1.21 bits per heavy atom. The van der Waals surface area contributed by atoms with Gasteiger partial charge < -0.3 is 10.2 Å². The van der Waals surface area contributed by atoms with E-state index in [0.29, 0.717) is 18.6 Å². The van der Waals surface area contributed by atoms with Crippen molar-refractivity contribution in [3.8, 4) is 0 Å². The zero-order valence-corrected chi connectivity index (χ0v) is 12.3. The summed E-state index contributed by atoms with van der Waals surface area (Å²) in [7, 11) is 3.65. The van der Waals surface area contributed by atoms with Crippen molar-refractivity contribution in [2.75, 3.05) is 33.7 Å². The SMILES string of the molecule is CN(C)C(=O)CN1CCC(NC2CC=CCC2)CC1. The first-order chi connectivity index (χ1) is 9.15. The van der Waals surface area contributed by atoms with Crippen LogP contribution in [-0.2, 0) is 4.79 Å². The van der Waals surface area contributed by atoms with Gasteiger partial charge in [0.1, 0.15) is 0 Å². The number of carbonyl (C=O) groups excluding carboxylic acids is 1. The van der Waals surface area contributed by atoms with Crippen molar-refractivity contribution >= 4 is 5.91 Å². The lowest BCUT2D eigenvalue weighted by molar-refractivity contribution is -0.130. The average Bonchev–Trinajstić information content (AvgIpc) is 2.42. The highest BCUT2D eigenvalue weighted by atomic mass is 16.2. The number of hydrogen-bond donors (Lipinski definition) is 1. The lowest BCUT2D eigenvalue weighted by Gasteiger charge is -2.35. The molecule has 4 heteroatoms. The number of nitrogens with one attached hydrogen (secondary N) is 1. The molecule has 0 aromatic heterocycles. The van der Waals surface area contributed by atoms with Gasteiger partial charge in [-0.05, 0) is 32.1 Å². The third-order valence-corrected chi connectivity index (χ3v) is 4.19. The van der Waals surface area contributed by atoms with Crippen LogP contribution < -0.4 is 5.32 Å². The monoisotopic (exact) mass is 265 g/mol. The smallest absolute Gasteiger partial charge is 0.236 e. The number of amides is 1. The van der Waals surface area contributed by atoms with Crippen molar-refractivity contribution in [1.29, 1.82) is 0 Å². The number of allylic oxidation sites excluding steroid dienone is 1. The first kappa shape index (κ1) is 14.5. The van der Waals surface area contributed by atoms with Gasteiger partial charge in [0.25, 0.3) is 0 Å². The fourth-order valence-corrected chi connectivity index (χ4v) is 2.87. The first-order valence-electron chi connectivity index (χ1n) is 7.48. The van der Waals surface area contributed by atoms with E-state index in [9.17, 15) is 4.79 Å². The molecule has 1 heterocycles. The van der Waals surface area contributed by atoms with E-state index < -0.39 is 0 Å². The molecule has 0 aromatic carbocycles. The van der Waals surface area contributed by atoms with Crippen LogP contribution in [0.5, 0.6) is 0 Å². The molecule has 1 amide bonds. The molecule has 0 bridgehead atoms. The van der Waals surface area contributed by atoms with Gasteiger partial charge in [0, 0.05) is 39.3 Å². The van der Waals surface area contributed by atoms with Crippen molar-refractivity contribution in [1.82, 2.24) is 15.1 Å². The molecule has 1 unspecified atom stereocenters. The lowest BCUT2D eigenvalue weighted by Crippen LogP contribution is -2.48. The molecule has 1 N–H and O–H groups in total. The van der Waals surface area contributed by atoms with Gasteiger partial charge in [-0.15, -0.1) is 0 Å². The Labute approximate surface area is 116 Å². The van der Waals surface area contributed by atoms with Crippen LogP contribution in [0.3, 0.4) is 0 Å². The maximum Gasteiger partial charge on any atom is 0.236 e. The zero-order chi connectivity index (χ0) is 13.7. The molecule has 2 rings (SSSR count). The van der Waals surface area contributed by atoms with E-state index >= 15 is 0 Å². The number of likely N-dealkylation sites (N-methyl/N-ethyl adjacent to an activating group) is 1. The number of hydrogen-bond acceptors (Lipinski definition) is 3. The normalized spacial score (nSPS) is 25.5. The fraction of sp³-hybridized carbons (Fsp3) is 0.800. The van der Waals surface area contributed by atoms with Crippen molar-refractivity contribution in [2.45, 2.75) is 44.2 Å². The Balaban J connectivity index is 1.67. The molecule has 2 aliphatic rings. The van der Waals surface area contributed by atoms with Crippen LogP contribution >= 0.6 is 0 Å². The number of rotatable bonds is 4. The van der Waals surface area contributed by atoms with E-state index in [1.54, 1.807) is 4.90 Å². The summed E-state index contributed by atoms with van der Waals surface area (Å²) in [5, 5.41) is 3.78. The van der Waals surface area contributed by atoms with Crippen LogP contribution in [0.25, 0.3) is 0 Å². The van der Waals surface area contributed by atoms with E-state index in [-0.39, 0.29) is 5.91 Å². The van der Waals surface area contributed by atoms with Crippen molar-refractivity contribution < 1.29 is 4.79 Å². The van der Waals surface area contributed by atoms with Crippen LogP contribution in [0.15, 0.2) is 12.2 Å². The molecule has 0 spiro atoms. The summed E-state index contributed by atoms with van der Waals surface area (Å²) in [6, 6.07) is 1.31. The molecule has 19 heavy (non-hydrogen) atoms. The minimum atomic E-state index is 0.212. The molecule has 1 atom stereocenters. The summed E-state index contributed by atoms with van der Waals surface area (Å²) in [5.41, 5.74) is 0. The molecule has 108 valence electrons. The predicted molar refractivity (Wildman–Crippen MR) is 78.1 cm³/mol. The average molecular weight is 265 g/mol. The topological polar surface area (TPSA) is 35.6 Å². The molecule has 1 aliphatic heterocycles. The van der Waals surface area contributed by atoms with Gasteiger partial charge in [-0.1, -0.05) is 12.2 Å². The van der Waals surface area contributed by atoms with Gasteiger partial charge in [-0.25, -0.2) is 0 Å². The van der Waals surface area contributed by atoms with Gasteiger partial charge in [-0.3, -0.25) is 9.69 Å². The van der Waals surface area contributed by atoms with Crippen LogP contribution in [0, 0.1) is 0 Å². The molecular formula is C15H27N3O. The second kappa shape index (κ2) is 7.06.